The van der Waals surface area contributed by atoms with Crippen molar-refractivity contribution in [1.82, 2.24) is 5.32 Å². The lowest BCUT2D eigenvalue weighted by molar-refractivity contribution is -0.0691. The van der Waals surface area contributed by atoms with E-state index in [0.717, 1.165) is 32.2 Å². The van der Waals surface area contributed by atoms with Crippen LogP contribution in [0.4, 0.5) is 0 Å². The smallest absolute Gasteiger partial charge is 0.0707 e. The molecule has 1 fully saturated rings. The first kappa shape index (κ1) is 16.9. The van der Waals surface area contributed by atoms with Crippen LogP contribution in [0.5, 0.6) is 0 Å². The number of aliphatic hydroxyl groups is 1. The van der Waals surface area contributed by atoms with Gasteiger partial charge in [0.15, 0.2) is 0 Å². The number of likely N-dealkylation sites (N-methyl/N-ethyl adjacent to an activating group) is 1. The Balaban J connectivity index is 2.30. The standard InChI is InChI=1S/C15H31NO3/c1-5-16-15(12-17)8-6-7-13(11-15)18-9-10-19-14(2,3)4/h13,16-17H,5-12H2,1-4H3. The minimum atomic E-state index is -0.136. The summed E-state index contributed by atoms with van der Waals surface area (Å²) in [4.78, 5) is 0. The van der Waals surface area contributed by atoms with E-state index in [1.54, 1.807) is 0 Å². The van der Waals surface area contributed by atoms with Gasteiger partial charge in [-0.1, -0.05) is 6.92 Å². The van der Waals surface area contributed by atoms with Crippen molar-refractivity contribution in [1.29, 1.82) is 0 Å². The Hall–Kier alpha value is -0.160. The highest BCUT2D eigenvalue weighted by Gasteiger charge is 2.35. The maximum absolute atomic E-state index is 9.63. The summed E-state index contributed by atoms with van der Waals surface area (Å²) >= 11 is 0. The molecule has 4 heteroatoms. The van der Waals surface area contributed by atoms with Gasteiger partial charge in [0.2, 0.25) is 0 Å². The van der Waals surface area contributed by atoms with E-state index in [2.05, 4.69) is 33.0 Å². The molecule has 0 aromatic rings. The van der Waals surface area contributed by atoms with Crippen molar-refractivity contribution < 1.29 is 14.6 Å². The maximum atomic E-state index is 9.63. The van der Waals surface area contributed by atoms with Crippen LogP contribution >= 0.6 is 0 Å². The van der Waals surface area contributed by atoms with E-state index in [9.17, 15) is 5.11 Å². The largest absolute Gasteiger partial charge is 0.394 e. The van der Waals surface area contributed by atoms with E-state index in [1.807, 2.05) is 0 Å². The zero-order valence-corrected chi connectivity index (χ0v) is 13.0. The van der Waals surface area contributed by atoms with Gasteiger partial charge in [-0.2, -0.15) is 0 Å². The third-order valence-corrected chi connectivity index (χ3v) is 3.63. The second-order valence-electron chi connectivity index (χ2n) is 6.52. The Morgan fingerprint density at radius 1 is 1.32 bits per heavy atom. The fraction of sp³-hybridized carbons (Fsp3) is 1.00. The summed E-state index contributed by atoms with van der Waals surface area (Å²) in [5.74, 6) is 0. The summed E-state index contributed by atoms with van der Waals surface area (Å²) in [5, 5.41) is 13.1. The average molecular weight is 273 g/mol. The van der Waals surface area contributed by atoms with Gasteiger partial charge in [0.1, 0.15) is 0 Å². The highest BCUT2D eigenvalue weighted by Crippen LogP contribution is 2.29. The molecule has 1 saturated carbocycles. The van der Waals surface area contributed by atoms with Gasteiger partial charge in [0, 0.05) is 5.54 Å². The van der Waals surface area contributed by atoms with E-state index in [0.29, 0.717) is 13.2 Å². The molecule has 0 aromatic carbocycles. The molecule has 2 atom stereocenters. The van der Waals surface area contributed by atoms with Crippen molar-refractivity contribution in [3.63, 3.8) is 0 Å². The fourth-order valence-electron chi connectivity index (χ4n) is 2.75. The molecule has 1 aliphatic rings. The molecule has 19 heavy (non-hydrogen) atoms. The Bertz CT molecular complexity index is 248. The fourth-order valence-corrected chi connectivity index (χ4v) is 2.75. The molecule has 0 spiro atoms. The SMILES string of the molecule is CCNC1(CO)CCCC(OCCOC(C)(C)C)C1. The molecule has 0 radical (unpaired) electrons. The second-order valence-corrected chi connectivity index (χ2v) is 6.52. The summed E-state index contributed by atoms with van der Waals surface area (Å²) in [5.41, 5.74) is -0.239. The maximum Gasteiger partial charge on any atom is 0.0707 e. The van der Waals surface area contributed by atoms with E-state index in [1.165, 1.54) is 0 Å². The Kier molecular flexibility index (Phi) is 6.74. The number of hydrogen-bond donors (Lipinski definition) is 2. The molecule has 0 bridgehead atoms. The first-order valence-corrected chi connectivity index (χ1v) is 7.52. The molecule has 0 aromatic heterocycles. The van der Waals surface area contributed by atoms with E-state index in [4.69, 9.17) is 9.47 Å². The topological polar surface area (TPSA) is 50.7 Å². The van der Waals surface area contributed by atoms with Gasteiger partial charge in [-0.3, -0.25) is 0 Å². The molecule has 4 nitrogen and oxygen atoms in total. The Morgan fingerprint density at radius 3 is 2.63 bits per heavy atom. The molecule has 0 amide bonds. The molecule has 0 aliphatic heterocycles. The molecular formula is C15H31NO3. The van der Waals surface area contributed by atoms with Crippen LogP contribution in [0, 0.1) is 0 Å². The monoisotopic (exact) mass is 273 g/mol. The highest BCUT2D eigenvalue weighted by atomic mass is 16.5. The predicted octanol–water partition coefficient (Wildman–Crippen LogP) is 2.10. The third-order valence-electron chi connectivity index (χ3n) is 3.63. The quantitative estimate of drug-likeness (QED) is 0.698. The number of ether oxygens (including phenoxy) is 2. The van der Waals surface area contributed by atoms with Crippen molar-refractivity contribution in [3.8, 4) is 0 Å². The molecule has 1 rings (SSSR count). The average Bonchev–Trinajstić information content (AvgIpc) is 2.34. The van der Waals surface area contributed by atoms with E-state index >= 15 is 0 Å². The van der Waals surface area contributed by atoms with Crippen molar-refractivity contribution >= 4 is 0 Å². The van der Waals surface area contributed by atoms with Crippen LogP contribution in [-0.2, 0) is 9.47 Å². The minimum absolute atomic E-state index is 0.103. The zero-order chi connectivity index (χ0) is 14.4. The van der Waals surface area contributed by atoms with Crippen molar-refractivity contribution in [2.75, 3.05) is 26.4 Å². The minimum Gasteiger partial charge on any atom is -0.394 e. The van der Waals surface area contributed by atoms with Gasteiger partial charge in [0.25, 0.3) is 0 Å². The second kappa shape index (κ2) is 7.58. The van der Waals surface area contributed by atoms with Crippen LogP contribution in [0.15, 0.2) is 0 Å². The zero-order valence-electron chi connectivity index (χ0n) is 13.0. The first-order chi connectivity index (χ1) is 8.91. The first-order valence-electron chi connectivity index (χ1n) is 7.52. The number of aliphatic hydroxyl groups excluding tert-OH is 1. The van der Waals surface area contributed by atoms with Crippen molar-refractivity contribution in [3.05, 3.63) is 0 Å². The summed E-state index contributed by atoms with van der Waals surface area (Å²) in [6.07, 6.45) is 4.37. The van der Waals surface area contributed by atoms with Crippen LogP contribution in [0.1, 0.15) is 53.4 Å². The lowest BCUT2D eigenvalue weighted by Gasteiger charge is -2.40. The number of nitrogens with one attached hydrogen (secondary N) is 1. The third kappa shape index (κ3) is 6.21. The molecular weight excluding hydrogens is 242 g/mol. The molecule has 114 valence electrons. The van der Waals surface area contributed by atoms with Crippen molar-refractivity contribution in [2.24, 2.45) is 0 Å². The summed E-state index contributed by atoms with van der Waals surface area (Å²) < 4.78 is 11.6. The Labute approximate surface area is 117 Å². The molecule has 2 N–H and O–H groups in total. The normalized spacial score (nSPS) is 28.6. The van der Waals surface area contributed by atoms with Gasteiger partial charge in [0.05, 0.1) is 31.5 Å². The summed E-state index contributed by atoms with van der Waals surface area (Å²) in [7, 11) is 0. The summed E-state index contributed by atoms with van der Waals surface area (Å²) in [6, 6.07) is 0. The lowest BCUT2D eigenvalue weighted by Crippen LogP contribution is -2.53. The molecule has 1 aliphatic carbocycles. The number of hydrogen-bond acceptors (Lipinski definition) is 4. The van der Waals surface area contributed by atoms with Crippen LogP contribution in [0.25, 0.3) is 0 Å². The molecule has 0 heterocycles. The lowest BCUT2D eigenvalue weighted by atomic mass is 9.80. The van der Waals surface area contributed by atoms with E-state index in [-0.39, 0.29) is 23.9 Å². The van der Waals surface area contributed by atoms with Gasteiger partial charge in [-0.15, -0.1) is 0 Å². The van der Waals surface area contributed by atoms with Gasteiger partial charge >= 0.3 is 0 Å². The predicted molar refractivity (Wildman–Crippen MR) is 77.4 cm³/mol. The molecule has 0 saturated heterocycles. The van der Waals surface area contributed by atoms with Crippen LogP contribution < -0.4 is 5.32 Å². The van der Waals surface area contributed by atoms with Crippen molar-refractivity contribution in [2.45, 2.75) is 70.6 Å². The van der Waals surface area contributed by atoms with Crippen LogP contribution in [0.2, 0.25) is 0 Å². The molecule has 2 unspecified atom stereocenters. The van der Waals surface area contributed by atoms with Crippen LogP contribution in [0.3, 0.4) is 0 Å². The van der Waals surface area contributed by atoms with Gasteiger partial charge in [-0.05, 0) is 53.0 Å². The van der Waals surface area contributed by atoms with Crippen LogP contribution in [-0.4, -0.2) is 48.7 Å². The number of rotatable bonds is 7. The van der Waals surface area contributed by atoms with Gasteiger partial charge < -0.3 is 19.9 Å². The highest BCUT2D eigenvalue weighted by molar-refractivity contribution is 4.93. The van der Waals surface area contributed by atoms with Gasteiger partial charge in [-0.25, -0.2) is 0 Å². The summed E-state index contributed by atoms with van der Waals surface area (Å²) in [6.45, 7) is 10.6. The Morgan fingerprint density at radius 2 is 2.05 bits per heavy atom. The van der Waals surface area contributed by atoms with E-state index < -0.39 is 0 Å².